The van der Waals surface area contributed by atoms with E-state index in [4.69, 9.17) is 10.5 Å². The molecular weight excluding hydrogens is 298 g/mol. The minimum absolute atomic E-state index is 0.116. The number of nitrogens with zero attached hydrogens (tertiary/aromatic N) is 2. The van der Waals surface area contributed by atoms with Crippen molar-refractivity contribution in [3.05, 3.63) is 71.5 Å². The van der Waals surface area contributed by atoms with Gasteiger partial charge in [0.05, 0.1) is 0 Å². The highest BCUT2D eigenvalue weighted by Crippen LogP contribution is 2.30. The van der Waals surface area contributed by atoms with Gasteiger partial charge in [-0.25, -0.2) is 9.97 Å². The molecule has 3 aromatic rings. The molecule has 3 rings (SSSR count). The quantitative estimate of drug-likeness (QED) is 0.720. The molecule has 0 aliphatic heterocycles. The molecule has 0 saturated carbocycles. The monoisotopic (exact) mass is 319 g/mol. The normalized spacial score (nSPS) is 12.0. The maximum absolute atomic E-state index is 6.13. The van der Waals surface area contributed by atoms with E-state index in [2.05, 4.69) is 42.0 Å². The summed E-state index contributed by atoms with van der Waals surface area (Å²) in [5.74, 6) is 0.523. The SMILES string of the molecule is Cc1ccc(C(C)Oc2nccnc2-c2ccc(N)cc2)c(C)c1. The molecule has 1 heterocycles. The van der Waals surface area contributed by atoms with Crippen molar-refractivity contribution in [2.24, 2.45) is 0 Å². The minimum atomic E-state index is -0.116. The van der Waals surface area contributed by atoms with Crippen molar-refractivity contribution in [2.75, 3.05) is 5.73 Å². The van der Waals surface area contributed by atoms with Crippen LogP contribution in [-0.2, 0) is 0 Å². The van der Waals surface area contributed by atoms with Crippen molar-refractivity contribution in [1.82, 2.24) is 9.97 Å². The summed E-state index contributed by atoms with van der Waals surface area (Å²) in [6.45, 7) is 6.21. The van der Waals surface area contributed by atoms with Crippen LogP contribution in [0.15, 0.2) is 54.9 Å². The van der Waals surface area contributed by atoms with Crippen LogP contribution in [0, 0.1) is 13.8 Å². The molecule has 0 spiro atoms. The fourth-order valence-corrected chi connectivity index (χ4v) is 2.76. The van der Waals surface area contributed by atoms with Crippen LogP contribution in [0.4, 0.5) is 5.69 Å². The van der Waals surface area contributed by atoms with Crippen LogP contribution in [0.1, 0.15) is 29.7 Å². The maximum atomic E-state index is 6.13. The molecule has 1 aromatic heterocycles. The Morgan fingerprint density at radius 2 is 1.67 bits per heavy atom. The van der Waals surface area contributed by atoms with Crippen LogP contribution in [0.5, 0.6) is 5.88 Å². The van der Waals surface area contributed by atoms with Crippen molar-refractivity contribution in [2.45, 2.75) is 26.9 Å². The van der Waals surface area contributed by atoms with Gasteiger partial charge in [0.25, 0.3) is 0 Å². The maximum Gasteiger partial charge on any atom is 0.241 e. The number of anilines is 1. The highest BCUT2D eigenvalue weighted by Gasteiger charge is 2.15. The lowest BCUT2D eigenvalue weighted by Crippen LogP contribution is -2.07. The first-order valence-corrected chi connectivity index (χ1v) is 7.95. The van der Waals surface area contributed by atoms with Gasteiger partial charge in [-0.2, -0.15) is 0 Å². The van der Waals surface area contributed by atoms with E-state index in [1.807, 2.05) is 31.2 Å². The van der Waals surface area contributed by atoms with E-state index in [1.54, 1.807) is 12.4 Å². The molecule has 4 heteroatoms. The molecule has 24 heavy (non-hydrogen) atoms. The smallest absolute Gasteiger partial charge is 0.241 e. The number of nitrogen functional groups attached to an aromatic ring is 1. The Kier molecular flexibility index (Phi) is 4.47. The zero-order chi connectivity index (χ0) is 17.1. The average Bonchev–Trinajstić information content (AvgIpc) is 2.56. The van der Waals surface area contributed by atoms with Crippen molar-refractivity contribution in [3.8, 4) is 17.1 Å². The standard InChI is InChI=1S/C20H21N3O/c1-13-4-9-18(14(2)12-13)15(3)24-20-19(22-10-11-23-20)16-5-7-17(21)8-6-16/h4-12,15H,21H2,1-3H3. The largest absolute Gasteiger partial charge is 0.468 e. The Labute approximate surface area is 142 Å². The first kappa shape index (κ1) is 16.0. The Morgan fingerprint density at radius 3 is 2.38 bits per heavy atom. The van der Waals surface area contributed by atoms with E-state index in [0.717, 1.165) is 11.1 Å². The molecular formula is C20H21N3O. The van der Waals surface area contributed by atoms with Gasteiger partial charge >= 0.3 is 0 Å². The summed E-state index contributed by atoms with van der Waals surface area (Å²) in [7, 11) is 0. The second-order valence-electron chi connectivity index (χ2n) is 5.95. The van der Waals surface area contributed by atoms with E-state index in [1.165, 1.54) is 11.1 Å². The first-order chi connectivity index (χ1) is 11.5. The van der Waals surface area contributed by atoms with Gasteiger partial charge in [0, 0.05) is 23.6 Å². The third kappa shape index (κ3) is 3.38. The third-order valence-corrected chi connectivity index (χ3v) is 4.00. The number of hydrogen-bond donors (Lipinski definition) is 1. The molecule has 1 atom stereocenters. The molecule has 0 amide bonds. The Hall–Kier alpha value is -2.88. The number of nitrogens with two attached hydrogens (primary N) is 1. The lowest BCUT2D eigenvalue weighted by molar-refractivity contribution is 0.217. The summed E-state index contributed by atoms with van der Waals surface area (Å²) in [6.07, 6.45) is 3.19. The highest BCUT2D eigenvalue weighted by atomic mass is 16.5. The van der Waals surface area contributed by atoms with Gasteiger partial charge in [-0.3, -0.25) is 0 Å². The Balaban J connectivity index is 1.91. The van der Waals surface area contributed by atoms with E-state index < -0.39 is 0 Å². The minimum Gasteiger partial charge on any atom is -0.468 e. The number of aromatic nitrogens is 2. The van der Waals surface area contributed by atoms with Crippen molar-refractivity contribution >= 4 is 5.69 Å². The molecule has 0 bridgehead atoms. The fraction of sp³-hybridized carbons (Fsp3) is 0.200. The second kappa shape index (κ2) is 6.71. The number of hydrogen-bond acceptors (Lipinski definition) is 4. The lowest BCUT2D eigenvalue weighted by atomic mass is 10.0. The van der Waals surface area contributed by atoms with Gasteiger partial charge in [-0.15, -0.1) is 0 Å². The lowest BCUT2D eigenvalue weighted by Gasteiger charge is -2.18. The summed E-state index contributed by atoms with van der Waals surface area (Å²) in [4.78, 5) is 8.81. The molecule has 0 fully saturated rings. The van der Waals surface area contributed by atoms with Crippen LogP contribution < -0.4 is 10.5 Å². The van der Waals surface area contributed by atoms with Crippen LogP contribution in [0.3, 0.4) is 0 Å². The van der Waals surface area contributed by atoms with E-state index >= 15 is 0 Å². The highest BCUT2D eigenvalue weighted by molar-refractivity contribution is 5.66. The third-order valence-electron chi connectivity index (χ3n) is 4.00. The fourth-order valence-electron chi connectivity index (χ4n) is 2.76. The Bertz CT molecular complexity index is 844. The van der Waals surface area contributed by atoms with Crippen molar-refractivity contribution < 1.29 is 4.74 Å². The van der Waals surface area contributed by atoms with Crippen LogP contribution >= 0.6 is 0 Å². The van der Waals surface area contributed by atoms with Gasteiger partial charge in [0.15, 0.2) is 0 Å². The molecule has 0 aliphatic carbocycles. The van der Waals surface area contributed by atoms with Gasteiger partial charge in [-0.05, 0) is 44.0 Å². The van der Waals surface area contributed by atoms with Crippen LogP contribution in [0.2, 0.25) is 0 Å². The van der Waals surface area contributed by atoms with E-state index in [9.17, 15) is 0 Å². The summed E-state index contributed by atoms with van der Waals surface area (Å²) >= 11 is 0. The zero-order valence-electron chi connectivity index (χ0n) is 14.2. The summed E-state index contributed by atoms with van der Waals surface area (Å²) in [5, 5.41) is 0. The summed E-state index contributed by atoms with van der Waals surface area (Å²) in [5.41, 5.74) is 11.7. The van der Waals surface area contributed by atoms with Crippen molar-refractivity contribution in [1.29, 1.82) is 0 Å². The molecule has 2 N–H and O–H groups in total. The molecule has 0 aliphatic rings. The topological polar surface area (TPSA) is 61.0 Å². The summed E-state index contributed by atoms with van der Waals surface area (Å²) in [6, 6.07) is 13.9. The Morgan fingerprint density at radius 1 is 0.958 bits per heavy atom. The molecule has 2 aromatic carbocycles. The van der Waals surface area contributed by atoms with Crippen molar-refractivity contribution in [3.63, 3.8) is 0 Å². The molecule has 4 nitrogen and oxygen atoms in total. The van der Waals surface area contributed by atoms with Gasteiger partial charge in [0.2, 0.25) is 5.88 Å². The second-order valence-corrected chi connectivity index (χ2v) is 5.95. The van der Waals surface area contributed by atoms with Gasteiger partial charge in [-0.1, -0.05) is 35.9 Å². The predicted octanol–water partition coefficient (Wildman–Crippen LogP) is 4.48. The van der Waals surface area contributed by atoms with E-state index in [-0.39, 0.29) is 6.10 Å². The van der Waals surface area contributed by atoms with Gasteiger partial charge < -0.3 is 10.5 Å². The molecule has 0 radical (unpaired) electrons. The number of rotatable bonds is 4. The average molecular weight is 319 g/mol. The van der Waals surface area contributed by atoms with Gasteiger partial charge in [0.1, 0.15) is 11.8 Å². The molecule has 1 unspecified atom stereocenters. The molecule has 0 saturated heterocycles. The number of benzene rings is 2. The zero-order valence-corrected chi connectivity index (χ0v) is 14.2. The van der Waals surface area contributed by atoms with Crippen LogP contribution in [0.25, 0.3) is 11.3 Å². The molecule has 122 valence electrons. The van der Waals surface area contributed by atoms with E-state index in [0.29, 0.717) is 17.3 Å². The predicted molar refractivity (Wildman–Crippen MR) is 96.8 cm³/mol. The number of aryl methyl sites for hydroxylation is 2. The number of ether oxygens (including phenoxy) is 1. The first-order valence-electron chi connectivity index (χ1n) is 7.95. The summed E-state index contributed by atoms with van der Waals surface area (Å²) < 4.78 is 6.13. The van der Waals surface area contributed by atoms with Crippen LogP contribution in [-0.4, -0.2) is 9.97 Å².